The molecule has 0 saturated carbocycles. The maximum absolute atomic E-state index is 8.77. The minimum atomic E-state index is -1.36. The van der Waals surface area contributed by atoms with Crippen LogP contribution < -0.4 is 0 Å². The van der Waals surface area contributed by atoms with E-state index < -0.39 is 5.43 Å². The molecule has 1 N–H and O–H groups in total. The maximum atomic E-state index is 8.77. The molecule has 0 bridgehead atoms. The summed E-state index contributed by atoms with van der Waals surface area (Å²) in [7, 11) is 0. The van der Waals surface area contributed by atoms with Gasteiger partial charge in [0.2, 0.25) is 0 Å². The first kappa shape index (κ1) is 9.50. The lowest BCUT2D eigenvalue weighted by Gasteiger charge is -1.97. The first-order valence-electron chi connectivity index (χ1n) is 3.27. The Bertz CT molecular complexity index is 109. The third-order valence-electron chi connectivity index (χ3n) is 1.16. The molecule has 0 aromatic carbocycles. The number of allylic oxidation sites excluding steroid dienone is 2. The van der Waals surface area contributed by atoms with Crippen molar-refractivity contribution in [1.29, 1.82) is 0 Å². The highest BCUT2D eigenvalue weighted by atomic mass is 35.5. The van der Waals surface area contributed by atoms with Gasteiger partial charge in [0, 0.05) is 11.6 Å². The molecule has 0 radical (unpaired) electrons. The summed E-state index contributed by atoms with van der Waals surface area (Å²) in [6, 6.07) is 0. The summed E-state index contributed by atoms with van der Waals surface area (Å²) in [4.78, 5) is 8.77. The van der Waals surface area contributed by atoms with Crippen LogP contribution in [0.4, 0.5) is 4.79 Å². The second kappa shape index (κ2) is 6.62. The van der Waals surface area contributed by atoms with Crippen molar-refractivity contribution < 1.29 is 9.90 Å². The molecule has 0 aliphatic heterocycles. The lowest BCUT2D eigenvalue weighted by atomic mass is 10.1. The van der Waals surface area contributed by atoms with Crippen LogP contribution in [0.1, 0.15) is 25.7 Å². The van der Waals surface area contributed by atoms with Gasteiger partial charge < -0.3 is 5.11 Å². The summed E-state index contributed by atoms with van der Waals surface area (Å²) in [5.41, 5.74) is -1.36. The number of carboxylic acid groups (broad SMARTS) is 1. The number of hydrogen-bond donors (Lipinski definition) is 1. The molecule has 0 unspecified atom stereocenters. The fourth-order valence-corrected chi connectivity index (χ4v) is 0.760. The maximum Gasteiger partial charge on any atom is 0.401 e. The molecular weight excluding hydrogens is 152 g/mol. The van der Waals surface area contributed by atoms with Crippen molar-refractivity contribution in [3.63, 3.8) is 0 Å². The van der Waals surface area contributed by atoms with E-state index in [0.29, 0.717) is 0 Å². The minimum Gasteiger partial charge on any atom is -0.469 e. The van der Waals surface area contributed by atoms with Gasteiger partial charge in [-0.3, -0.25) is 0 Å². The third-order valence-corrected chi connectivity index (χ3v) is 1.16. The molecule has 1 rings (SSSR count). The summed E-state index contributed by atoms with van der Waals surface area (Å²) < 4.78 is 0. The first-order chi connectivity index (χ1) is 4.73. The Morgan fingerprint density at radius 2 is 1.60 bits per heavy atom. The molecule has 0 spiro atoms. The van der Waals surface area contributed by atoms with Crippen molar-refractivity contribution in [2.24, 2.45) is 0 Å². The molecule has 0 amide bonds. The average molecular weight is 163 g/mol. The van der Waals surface area contributed by atoms with Gasteiger partial charge in [0.1, 0.15) is 0 Å². The van der Waals surface area contributed by atoms with Gasteiger partial charge in [0.05, 0.1) is 0 Å². The van der Waals surface area contributed by atoms with E-state index in [9.17, 15) is 0 Å². The largest absolute Gasteiger partial charge is 0.469 e. The van der Waals surface area contributed by atoms with Crippen LogP contribution in [0, 0.1) is 0 Å². The SMILES string of the molecule is C1=CCCCC1.O=C(O)Cl. The van der Waals surface area contributed by atoms with Crippen LogP contribution in [0.15, 0.2) is 12.2 Å². The number of halogens is 1. The summed E-state index contributed by atoms with van der Waals surface area (Å²) in [5.74, 6) is 0. The fourth-order valence-electron chi connectivity index (χ4n) is 0.760. The van der Waals surface area contributed by atoms with Gasteiger partial charge in [-0.05, 0) is 25.7 Å². The highest BCUT2D eigenvalue weighted by molar-refractivity contribution is 6.60. The number of hydrogen-bond acceptors (Lipinski definition) is 1. The molecule has 2 nitrogen and oxygen atoms in total. The monoisotopic (exact) mass is 162 g/mol. The molecule has 0 fully saturated rings. The highest BCUT2D eigenvalue weighted by Crippen LogP contribution is 2.07. The second-order valence-corrected chi connectivity index (χ2v) is 2.33. The van der Waals surface area contributed by atoms with E-state index in [2.05, 4.69) is 23.8 Å². The molecule has 1 aliphatic rings. The van der Waals surface area contributed by atoms with E-state index in [1.54, 1.807) is 0 Å². The topological polar surface area (TPSA) is 37.3 Å². The van der Waals surface area contributed by atoms with E-state index in [0.717, 1.165) is 0 Å². The summed E-state index contributed by atoms with van der Waals surface area (Å²) in [6.07, 6.45) is 10.0. The molecule has 3 heteroatoms. The normalized spacial score (nSPS) is 15.3. The van der Waals surface area contributed by atoms with Crippen LogP contribution in [-0.4, -0.2) is 10.5 Å². The van der Waals surface area contributed by atoms with Crippen LogP contribution in [0.2, 0.25) is 0 Å². The van der Waals surface area contributed by atoms with Crippen molar-refractivity contribution >= 4 is 17.0 Å². The van der Waals surface area contributed by atoms with Crippen LogP contribution in [0.5, 0.6) is 0 Å². The fraction of sp³-hybridized carbons (Fsp3) is 0.571. The predicted octanol–water partition coefficient (Wildman–Crippen LogP) is 3.02. The smallest absolute Gasteiger partial charge is 0.401 e. The molecule has 0 aromatic heterocycles. The molecule has 0 saturated heterocycles. The van der Waals surface area contributed by atoms with Crippen molar-refractivity contribution in [3.8, 4) is 0 Å². The second-order valence-electron chi connectivity index (χ2n) is 2.01. The quantitative estimate of drug-likeness (QED) is 0.439. The van der Waals surface area contributed by atoms with Gasteiger partial charge in [-0.2, -0.15) is 0 Å². The summed E-state index contributed by atoms with van der Waals surface area (Å²) in [6.45, 7) is 0. The Morgan fingerprint density at radius 1 is 1.30 bits per heavy atom. The zero-order valence-electron chi connectivity index (χ0n) is 5.72. The van der Waals surface area contributed by atoms with Crippen molar-refractivity contribution in [2.75, 3.05) is 0 Å². The van der Waals surface area contributed by atoms with E-state index >= 15 is 0 Å². The zero-order chi connectivity index (χ0) is 7.82. The Kier molecular flexibility index (Phi) is 6.29. The first-order valence-corrected chi connectivity index (χ1v) is 3.64. The van der Waals surface area contributed by atoms with Crippen molar-refractivity contribution in [3.05, 3.63) is 12.2 Å². The Labute approximate surface area is 65.5 Å². The van der Waals surface area contributed by atoms with Gasteiger partial charge in [0.25, 0.3) is 0 Å². The van der Waals surface area contributed by atoms with E-state index in [1.165, 1.54) is 25.7 Å². The van der Waals surface area contributed by atoms with Gasteiger partial charge in [-0.1, -0.05) is 12.2 Å². The molecule has 0 aromatic rings. The number of carbonyl (C=O) groups is 1. The van der Waals surface area contributed by atoms with Gasteiger partial charge >= 0.3 is 5.43 Å². The van der Waals surface area contributed by atoms with Gasteiger partial charge in [0.15, 0.2) is 0 Å². The van der Waals surface area contributed by atoms with Crippen LogP contribution in [0.25, 0.3) is 0 Å². The molecule has 1 aliphatic carbocycles. The van der Waals surface area contributed by atoms with Gasteiger partial charge in [-0.25, -0.2) is 4.79 Å². The molecule has 0 atom stereocenters. The highest BCUT2D eigenvalue weighted by Gasteiger charge is 1.87. The lowest BCUT2D eigenvalue weighted by Crippen LogP contribution is -1.77. The minimum absolute atomic E-state index is 1.32. The lowest BCUT2D eigenvalue weighted by molar-refractivity contribution is 0.220. The number of rotatable bonds is 0. The molecule has 10 heavy (non-hydrogen) atoms. The zero-order valence-corrected chi connectivity index (χ0v) is 6.47. The Morgan fingerprint density at radius 3 is 1.70 bits per heavy atom. The average Bonchev–Trinajstić information content (AvgIpc) is 1.90. The Balaban J connectivity index is 0.000000180. The standard InChI is InChI=1S/C6H10.CHClO2/c1-2-4-6-5-3-1;2-1(3)4/h1-2H,3-6H2;(H,3,4). The van der Waals surface area contributed by atoms with Crippen LogP contribution in [0.3, 0.4) is 0 Å². The van der Waals surface area contributed by atoms with Crippen LogP contribution >= 0.6 is 11.6 Å². The molecule has 0 heterocycles. The third kappa shape index (κ3) is 10.5. The summed E-state index contributed by atoms with van der Waals surface area (Å²) >= 11 is 4.19. The Hall–Kier alpha value is -0.500. The summed E-state index contributed by atoms with van der Waals surface area (Å²) in [5, 5.41) is 7.18. The molecule has 58 valence electrons. The van der Waals surface area contributed by atoms with Gasteiger partial charge in [-0.15, -0.1) is 0 Å². The van der Waals surface area contributed by atoms with E-state index in [4.69, 9.17) is 9.90 Å². The molecular formula is C7H11ClO2. The van der Waals surface area contributed by atoms with Crippen molar-refractivity contribution in [2.45, 2.75) is 25.7 Å². The van der Waals surface area contributed by atoms with Crippen molar-refractivity contribution in [1.82, 2.24) is 0 Å². The van der Waals surface area contributed by atoms with E-state index in [1.807, 2.05) is 0 Å². The van der Waals surface area contributed by atoms with Crippen LogP contribution in [-0.2, 0) is 0 Å². The predicted molar refractivity (Wildman–Crippen MR) is 41.5 cm³/mol. The van der Waals surface area contributed by atoms with E-state index in [-0.39, 0.29) is 0 Å².